The van der Waals surface area contributed by atoms with E-state index in [1.54, 1.807) is 91.0 Å². The van der Waals surface area contributed by atoms with Gasteiger partial charge in [0.1, 0.15) is 11.4 Å². The number of anilines is 2. The van der Waals surface area contributed by atoms with Crippen molar-refractivity contribution < 1.29 is 19.1 Å². The van der Waals surface area contributed by atoms with Gasteiger partial charge in [-0.25, -0.2) is 0 Å². The van der Waals surface area contributed by atoms with Crippen LogP contribution in [0.1, 0.15) is 15.9 Å². The number of rotatable bonds is 10. The Morgan fingerprint density at radius 3 is 2.31 bits per heavy atom. The van der Waals surface area contributed by atoms with Gasteiger partial charge in [-0.2, -0.15) is 0 Å². The third-order valence-corrected chi connectivity index (χ3v) is 7.81. The van der Waals surface area contributed by atoms with Crippen LogP contribution in [0.4, 0.5) is 11.4 Å². The molecule has 0 aliphatic rings. The molecule has 0 unspecified atom stereocenters. The molecule has 0 atom stereocenters. The lowest BCUT2D eigenvalue weighted by atomic mass is 10.1. The van der Waals surface area contributed by atoms with Crippen molar-refractivity contribution >= 4 is 81.7 Å². The summed E-state index contributed by atoms with van der Waals surface area (Å²) in [6, 6.07) is 25.4. The fraction of sp³-hybridized carbons (Fsp3) is 0.0645. The van der Waals surface area contributed by atoms with Gasteiger partial charge in [0.15, 0.2) is 0 Å². The summed E-state index contributed by atoms with van der Waals surface area (Å²) in [4.78, 5) is 39.4. The van der Waals surface area contributed by atoms with Crippen molar-refractivity contribution in [3.63, 3.8) is 0 Å². The summed E-state index contributed by atoms with van der Waals surface area (Å²) in [5.74, 6) is -0.619. The fourth-order valence-electron chi connectivity index (χ4n) is 3.68. The number of hydrogen-bond donors (Lipinski definition) is 3. The maximum Gasteiger partial charge on any atom is 0.272 e. The average Bonchev–Trinajstić information content (AvgIpc) is 2.99. The van der Waals surface area contributed by atoms with Crippen LogP contribution in [0.15, 0.2) is 102 Å². The van der Waals surface area contributed by atoms with Gasteiger partial charge < -0.3 is 20.7 Å². The number of amides is 3. The van der Waals surface area contributed by atoms with E-state index in [0.717, 1.165) is 4.90 Å². The molecule has 214 valence electrons. The van der Waals surface area contributed by atoms with E-state index in [9.17, 15) is 14.4 Å². The molecule has 3 amide bonds. The van der Waals surface area contributed by atoms with Crippen LogP contribution < -0.4 is 20.7 Å². The highest BCUT2D eigenvalue weighted by molar-refractivity contribution is 8.00. The molecule has 0 heterocycles. The molecule has 0 saturated carbocycles. The Morgan fingerprint density at radius 2 is 1.60 bits per heavy atom. The monoisotopic (exact) mass is 639 g/mol. The van der Waals surface area contributed by atoms with Crippen LogP contribution in [-0.4, -0.2) is 30.6 Å². The maximum atomic E-state index is 13.3. The first-order valence-electron chi connectivity index (χ1n) is 12.4. The molecular weight excluding hydrogens is 617 g/mol. The van der Waals surface area contributed by atoms with Gasteiger partial charge in [0.2, 0.25) is 5.91 Å². The number of hydrogen-bond acceptors (Lipinski definition) is 5. The molecule has 0 aromatic heterocycles. The van der Waals surface area contributed by atoms with Crippen molar-refractivity contribution in [3.05, 3.63) is 123 Å². The number of methoxy groups -OCH3 is 1. The van der Waals surface area contributed by atoms with E-state index in [4.69, 9.17) is 39.5 Å². The predicted octanol–water partition coefficient (Wildman–Crippen LogP) is 7.80. The first-order chi connectivity index (χ1) is 20.2. The minimum atomic E-state index is -0.564. The summed E-state index contributed by atoms with van der Waals surface area (Å²) < 4.78 is 5.26. The number of nitrogens with one attached hydrogen (secondary N) is 3. The summed E-state index contributed by atoms with van der Waals surface area (Å²) in [5.41, 5.74) is 1.78. The Kier molecular flexibility index (Phi) is 10.9. The molecule has 0 radical (unpaired) electrons. The van der Waals surface area contributed by atoms with E-state index in [-0.39, 0.29) is 22.4 Å². The quantitative estimate of drug-likeness (QED) is 0.121. The highest BCUT2D eigenvalue weighted by Crippen LogP contribution is 2.29. The van der Waals surface area contributed by atoms with E-state index in [1.165, 1.54) is 24.9 Å². The van der Waals surface area contributed by atoms with E-state index in [0.29, 0.717) is 38.3 Å². The third kappa shape index (κ3) is 8.53. The highest BCUT2D eigenvalue weighted by atomic mass is 35.5. The maximum absolute atomic E-state index is 13.3. The Bertz CT molecular complexity index is 1630. The molecule has 3 N–H and O–H groups in total. The van der Waals surface area contributed by atoms with Gasteiger partial charge in [0.05, 0.1) is 28.6 Å². The van der Waals surface area contributed by atoms with Crippen molar-refractivity contribution in [2.75, 3.05) is 23.5 Å². The minimum Gasteiger partial charge on any atom is -0.495 e. The molecule has 0 saturated heterocycles. The van der Waals surface area contributed by atoms with Crippen LogP contribution in [0.2, 0.25) is 15.1 Å². The molecule has 42 heavy (non-hydrogen) atoms. The van der Waals surface area contributed by atoms with Gasteiger partial charge in [0, 0.05) is 21.2 Å². The molecule has 4 rings (SSSR count). The van der Waals surface area contributed by atoms with E-state index >= 15 is 0 Å². The van der Waals surface area contributed by atoms with Gasteiger partial charge >= 0.3 is 0 Å². The summed E-state index contributed by atoms with van der Waals surface area (Å²) in [6.45, 7) is 0. The largest absolute Gasteiger partial charge is 0.495 e. The lowest BCUT2D eigenvalue weighted by Gasteiger charge is -2.13. The van der Waals surface area contributed by atoms with Gasteiger partial charge in [-0.1, -0.05) is 65.1 Å². The number of thioether (sulfide) groups is 1. The van der Waals surface area contributed by atoms with Crippen LogP contribution in [0.3, 0.4) is 0 Å². The van der Waals surface area contributed by atoms with Crippen molar-refractivity contribution in [3.8, 4) is 5.75 Å². The van der Waals surface area contributed by atoms with Crippen LogP contribution in [0.25, 0.3) is 6.08 Å². The number of halogens is 3. The molecule has 4 aromatic rings. The number of ether oxygens (including phenoxy) is 1. The van der Waals surface area contributed by atoms with Gasteiger partial charge in [-0.15, -0.1) is 11.8 Å². The highest BCUT2D eigenvalue weighted by Gasteiger charge is 2.16. The smallest absolute Gasteiger partial charge is 0.272 e. The lowest BCUT2D eigenvalue weighted by molar-refractivity contribution is -0.114. The zero-order chi connectivity index (χ0) is 30.1. The second-order valence-electron chi connectivity index (χ2n) is 8.68. The molecule has 0 spiro atoms. The van der Waals surface area contributed by atoms with Crippen molar-refractivity contribution in [1.82, 2.24) is 5.32 Å². The van der Waals surface area contributed by atoms with Gasteiger partial charge in [-0.05, 0) is 72.3 Å². The Labute approximate surface area is 262 Å². The predicted molar refractivity (Wildman–Crippen MR) is 171 cm³/mol. The second-order valence-corrected chi connectivity index (χ2v) is 11.0. The number of benzene rings is 4. The summed E-state index contributed by atoms with van der Waals surface area (Å²) >= 11 is 19.8. The van der Waals surface area contributed by atoms with Crippen molar-refractivity contribution in [2.24, 2.45) is 0 Å². The Hall–Kier alpha value is -3.95. The molecular formula is C31H24Cl3N3O4S. The molecule has 0 bridgehead atoms. The van der Waals surface area contributed by atoms with Crippen LogP contribution in [0.5, 0.6) is 5.75 Å². The minimum absolute atomic E-state index is 0.0282. The molecule has 0 fully saturated rings. The van der Waals surface area contributed by atoms with Crippen LogP contribution >= 0.6 is 46.6 Å². The third-order valence-electron chi connectivity index (χ3n) is 5.73. The Morgan fingerprint density at radius 1 is 0.857 bits per heavy atom. The first-order valence-corrected chi connectivity index (χ1v) is 14.5. The zero-order valence-electron chi connectivity index (χ0n) is 22.1. The van der Waals surface area contributed by atoms with Gasteiger partial charge in [0.25, 0.3) is 11.8 Å². The summed E-state index contributed by atoms with van der Waals surface area (Å²) in [7, 11) is 1.51. The average molecular weight is 641 g/mol. The van der Waals surface area contributed by atoms with E-state index in [2.05, 4.69) is 16.0 Å². The van der Waals surface area contributed by atoms with Crippen LogP contribution in [0, 0.1) is 0 Å². The summed E-state index contributed by atoms with van der Waals surface area (Å²) in [5, 5.41) is 9.28. The fourth-order valence-corrected chi connectivity index (χ4v) is 4.91. The molecule has 11 heteroatoms. The molecule has 0 aliphatic heterocycles. The molecule has 0 aliphatic carbocycles. The normalized spacial score (nSPS) is 11.0. The first kappa shape index (κ1) is 31.0. The van der Waals surface area contributed by atoms with Gasteiger partial charge in [-0.3, -0.25) is 14.4 Å². The van der Waals surface area contributed by atoms with E-state index in [1.807, 2.05) is 0 Å². The number of carbonyl (C=O) groups excluding carboxylic acids is 3. The second kappa shape index (κ2) is 14.8. The summed E-state index contributed by atoms with van der Waals surface area (Å²) in [6.07, 6.45) is 1.46. The van der Waals surface area contributed by atoms with Crippen LogP contribution in [-0.2, 0) is 9.59 Å². The lowest BCUT2D eigenvalue weighted by Crippen LogP contribution is -2.30. The van der Waals surface area contributed by atoms with E-state index < -0.39 is 11.8 Å². The SMILES string of the molecule is COc1ccc(Cl)cc1NC(=O)CSc1ccc(NC(=O)/C(=C/c2cccc(Cl)c2Cl)NC(=O)c2ccccc2)cc1. The standard InChI is InChI=1S/C31H24Cl3N3O4S/c1-41-27-15-10-21(32)17-25(27)36-28(38)18-42-23-13-11-22(12-14-23)35-31(40)26(16-20-8-5-9-24(33)29(20)34)37-30(39)19-6-3-2-4-7-19/h2-17H,18H2,1H3,(H,35,40)(H,36,38)(H,37,39)/b26-16-. The topological polar surface area (TPSA) is 96.5 Å². The zero-order valence-corrected chi connectivity index (χ0v) is 25.2. The van der Waals surface area contributed by atoms with Crippen molar-refractivity contribution in [1.29, 1.82) is 0 Å². The Balaban J connectivity index is 1.43. The molecule has 7 nitrogen and oxygen atoms in total. The van der Waals surface area contributed by atoms with Crippen molar-refractivity contribution in [2.45, 2.75) is 4.90 Å². The number of carbonyl (C=O) groups is 3. The molecule has 4 aromatic carbocycles.